The second kappa shape index (κ2) is 7.40. The number of hydrogen-bond acceptors (Lipinski definition) is 3. The normalized spacial score (nSPS) is 10.6. The third-order valence-electron chi connectivity index (χ3n) is 4.35. The van der Waals surface area contributed by atoms with Crippen molar-refractivity contribution in [2.75, 3.05) is 10.6 Å². The average Bonchev–Trinajstić information content (AvgIpc) is 2.69. The minimum atomic E-state index is -0.383. The quantitative estimate of drug-likeness (QED) is 0.506. The first-order chi connectivity index (χ1) is 13.6. The van der Waals surface area contributed by atoms with E-state index in [1.165, 1.54) is 6.07 Å². The smallest absolute Gasteiger partial charge is 0.323 e. The van der Waals surface area contributed by atoms with E-state index in [-0.39, 0.29) is 11.5 Å². The zero-order chi connectivity index (χ0) is 19.5. The highest BCUT2D eigenvalue weighted by Crippen LogP contribution is 2.24. The van der Waals surface area contributed by atoms with Crippen molar-refractivity contribution in [2.24, 2.45) is 0 Å². The van der Waals surface area contributed by atoms with Crippen molar-refractivity contribution in [1.29, 1.82) is 0 Å². The molecule has 5 nitrogen and oxygen atoms in total. The predicted molar refractivity (Wildman–Crippen MR) is 112 cm³/mol. The summed E-state index contributed by atoms with van der Waals surface area (Å²) in [4.78, 5) is 24.7. The first-order valence-corrected chi connectivity index (χ1v) is 8.86. The molecule has 3 aromatic carbocycles. The molecule has 0 saturated carbocycles. The summed E-state index contributed by atoms with van der Waals surface area (Å²) < 4.78 is 5.90. The molecule has 4 aromatic rings. The molecule has 0 bridgehead atoms. The van der Waals surface area contributed by atoms with Crippen LogP contribution < -0.4 is 16.1 Å². The summed E-state index contributed by atoms with van der Waals surface area (Å²) in [6, 6.07) is 23.0. The fourth-order valence-electron chi connectivity index (χ4n) is 2.91. The Morgan fingerprint density at radius 3 is 2.29 bits per heavy atom. The Bertz CT molecular complexity index is 1200. The van der Waals surface area contributed by atoms with Gasteiger partial charge >= 0.3 is 6.03 Å². The number of hydrogen-bond donors (Lipinski definition) is 2. The Balaban J connectivity index is 1.60. The van der Waals surface area contributed by atoms with Crippen molar-refractivity contribution in [3.05, 3.63) is 94.6 Å². The van der Waals surface area contributed by atoms with Gasteiger partial charge in [-0.2, -0.15) is 0 Å². The van der Waals surface area contributed by atoms with Crippen LogP contribution in [0.25, 0.3) is 22.3 Å². The Kier molecular flexibility index (Phi) is 4.64. The Hall–Kier alpha value is -3.86. The zero-order valence-corrected chi connectivity index (χ0v) is 15.2. The Morgan fingerprint density at radius 2 is 1.54 bits per heavy atom. The molecule has 4 rings (SSSR count). The topological polar surface area (TPSA) is 71.3 Å². The van der Waals surface area contributed by atoms with Gasteiger partial charge in [0.1, 0.15) is 11.3 Å². The monoisotopic (exact) mass is 370 g/mol. The molecule has 138 valence electrons. The molecule has 2 N–H and O–H groups in total. The lowest BCUT2D eigenvalue weighted by molar-refractivity contribution is 0.262. The molecule has 28 heavy (non-hydrogen) atoms. The van der Waals surface area contributed by atoms with Gasteiger partial charge in [-0.25, -0.2) is 4.79 Å². The molecule has 0 atom stereocenters. The van der Waals surface area contributed by atoms with E-state index in [2.05, 4.69) is 10.6 Å². The van der Waals surface area contributed by atoms with E-state index in [1.54, 1.807) is 30.3 Å². The number of para-hydroxylation sites is 1. The summed E-state index contributed by atoms with van der Waals surface area (Å²) in [6.45, 7) is 2.00. The molecular weight excluding hydrogens is 352 g/mol. The number of urea groups is 1. The van der Waals surface area contributed by atoms with Crippen LogP contribution in [0, 0.1) is 6.92 Å². The van der Waals surface area contributed by atoms with Crippen LogP contribution in [0.15, 0.2) is 88.1 Å². The summed E-state index contributed by atoms with van der Waals surface area (Å²) in [5.41, 5.74) is 3.48. The van der Waals surface area contributed by atoms with Crippen molar-refractivity contribution in [3.63, 3.8) is 0 Å². The van der Waals surface area contributed by atoms with Crippen LogP contribution in [0.1, 0.15) is 5.56 Å². The van der Waals surface area contributed by atoms with Crippen molar-refractivity contribution < 1.29 is 9.21 Å². The molecule has 1 aromatic heterocycles. The van der Waals surface area contributed by atoms with Crippen LogP contribution in [-0.2, 0) is 0 Å². The molecule has 0 fully saturated rings. The highest BCUT2D eigenvalue weighted by atomic mass is 16.3. The number of carbonyl (C=O) groups excluding carboxylic acids is 1. The van der Waals surface area contributed by atoms with Crippen LogP contribution in [-0.4, -0.2) is 6.03 Å². The fraction of sp³-hybridized carbons (Fsp3) is 0.0435. The van der Waals surface area contributed by atoms with Crippen molar-refractivity contribution in [2.45, 2.75) is 6.92 Å². The van der Waals surface area contributed by atoms with Crippen LogP contribution in [0.2, 0.25) is 0 Å². The van der Waals surface area contributed by atoms with Gasteiger partial charge in [0, 0.05) is 23.0 Å². The van der Waals surface area contributed by atoms with E-state index < -0.39 is 0 Å². The van der Waals surface area contributed by atoms with E-state index in [1.807, 2.05) is 49.4 Å². The van der Waals surface area contributed by atoms with Gasteiger partial charge in [0.2, 0.25) is 0 Å². The number of aryl methyl sites for hydroxylation is 1. The van der Waals surface area contributed by atoms with E-state index in [9.17, 15) is 9.59 Å². The molecule has 5 heteroatoms. The molecule has 0 unspecified atom stereocenters. The number of carbonyl (C=O) groups is 1. The third kappa shape index (κ3) is 3.78. The van der Waals surface area contributed by atoms with Gasteiger partial charge in [0.15, 0.2) is 5.43 Å². The molecule has 0 spiro atoms. The van der Waals surface area contributed by atoms with Gasteiger partial charge < -0.3 is 15.1 Å². The minimum absolute atomic E-state index is 0.163. The lowest BCUT2D eigenvalue weighted by Crippen LogP contribution is -2.19. The summed E-state index contributed by atoms with van der Waals surface area (Å²) >= 11 is 0. The number of nitrogens with one attached hydrogen (secondary N) is 2. The summed E-state index contributed by atoms with van der Waals surface area (Å²) in [5.74, 6) is 0.514. The highest BCUT2D eigenvalue weighted by Gasteiger charge is 2.09. The van der Waals surface area contributed by atoms with Crippen molar-refractivity contribution in [3.8, 4) is 11.3 Å². The van der Waals surface area contributed by atoms with Crippen molar-refractivity contribution in [1.82, 2.24) is 0 Å². The van der Waals surface area contributed by atoms with Crippen LogP contribution in [0.3, 0.4) is 0 Å². The maximum absolute atomic E-state index is 12.6. The van der Waals surface area contributed by atoms with Gasteiger partial charge in [0.05, 0.1) is 5.39 Å². The van der Waals surface area contributed by atoms with E-state index in [0.29, 0.717) is 28.1 Å². The number of amides is 2. The highest BCUT2D eigenvalue weighted by molar-refractivity contribution is 6.00. The Labute approximate surface area is 161 Å². The first-order valence-electron chi connectivity index (χ1n) is 8.86. The molecule has 0 aliphatic rings. The van der Waals surface area contributed by atoms with E-state index in [0.717, 1.165) is 11.1 Å². The van der Waals surface area contributed by atoms with Crippen LogP contribution in [0.5, 0.6) is 0 Å². The maximum Gasteiger partial charge on any atom is 0.323 e. The van der Waals surface area contributed by atoms with E-state index >= 15 is 0 Å². The second-order valence-electron chi connectivity index (χ2n) is 6.50. The fourth-order valence-corrected chi connectivity index (χ4v) is 2.91. The van der Waals surface area contributed by atoms with Gasteiger partial charge in [0.25, 0.3) is 0 Å². The second-order valence-corrected chi connectivity index (χ2v) is 6.50. The molecular formula is C23H18N2O3. The number of anilines is 2. The van der Waals surface area contributed by atoms with Gasteiger partial charge in [-0.3, -0.25) is 4.79 Å². The third-order valence-corrected chi connectivity index (χ3v) is 4.35. The lowest BCUT2D eigenvalue weighted by atomic mass is 10.1. The number of fused-ring (bicyclic) bond motifs is 1. The molecule has 0 aliphatic heterocycles. The molecule has 0 aliphatic carbocycles. The average molecular weight is 370 g/mol. The summed E-state index contributed by atoms with van der Waals surface area (Å²) in [7, 11) is 0. The van der Waals surface area contributed by atoms with Crippen LogP contribution in [0.4, 0.5) is 16.2 Å². The SMILES string of the molecule is Cc1ccc(-c2cc(=O)c3cc(NC(=O)Nc4ccccc4)ccc3o2)cc1. The van der Waals surface area contributed by atoms with Crippen LogP contribution >= 0.6 is 0 Å². The van der Waals surface area contributed by atoms with E-state index in [4.69, 9.17) is 4.42 Å². The summed E-state index contributed by atoms with van der Waals surface area (Å²) in [6.07, 6.45) is 0. The largest absolute Gasteiger partial charge is 0.456 e. The lowest BCUT2D eigenvalue weighted by Gasteiger charge is -2.09. The molecule has 2 amide bonds. The Morgan fingerprint density at radius 1 is 0.821 bits per heavy atom. The molecule has 0 saturated heterocycles. The van der Waals surface area contributed by atoms with Gasteiger partial charge in [-0.05, 0) is 37.3 Å². The minimum Gasteiger partial charge on any atom is -0.456 e. The summed E-state index contributed by atoms with van der Waals surface area (Å²) in [5, 5.41) is 5.88. The molecule has 0 radical (unpaired) electrons. The van der Waals surface area contributed by atoms with Gasteiger partial charge in [-0.15, -0.1) is 0 Å². The first kappa shape index (κ1) is 17.5. The molecule has 1 heterocycles. The standard InChI is InChI=1S/C23H18N2O3/c1-15-7-9-16(10-8-15)22-14-20(26)19-13-18(11-12-21(19)28-22)25-23(27)24-17-5-3-2-4-6-17/h2-14H,1H3,(H2,24,25,27). The maximum atomic E-state index is 12.6. The zero-order valence-electron chi connectivity index (χ0n) is 15.2. The number of rotatable bonds is 3. The van der Waals surface area contributed by atoms with Crippen molar-refractivity contribution >= 4 is 28.4 Å². The van der Waals surface area contributed by atoms with Gasteiger partial charge in [-0.1, -0.05) is 48.0 Å². The number of benzene rings is 3. The predicted octanol–water partition coefficient (Wildman–Crippen LogP) is 5.41.